The summed E-state index contributed by atoms with van der Waals surface area (Å²) >= 11 is 0. The van der Waals surface area contributed by atoms with Crippen LogP contribution in [-0.4, -0.2) is 76.4 Å². The van der Waals surface area contributed by atoms with Gasteiger partial charge < -0.3 is 15.3 Å². The zero-order valence-corrected chi connectivity index (χ0v) is 15.2. The number of aromatic carboxylic acids is 1. The first-order chi connectivity index (χ1) is 13.5. The van der Waals surface area contributed by atoms with Crippen LogP contribution in [0.1, 0.15) is 20.7 Å². The van der Waals surface area contributed by atoms with E-state index in [1.54, 1.807) is 29.2 Å². The van der Waals surface area contributed by atoms with E-state index in [0.717, 1.165) is 12.1 Å². The first-order valence-electron chi connectivity index (χ1n) is 9.14. The highest BCUT2D eigenvalue weighted by Gasteiger charge is 2.36. The smallest absolute Gasteiger partial charge is 0.335 e. The molecule has 1 atom stereocenters. The molecule has 8 heteroatoms. The van der Waals surface area contributed by atoms with Crippen LogP contribution in [-0.2, 0) is 4.79 Å². The maximum absolute atomic E-state index is 12.9. The van der Waals surface area contributed by atoms with Gasteiger partial charge in [0.2, 0.25) is 5.91 Å². The Labute approximate surface area is 161 Å². The minimum Gasteiger partial charge on any atom is -0.478 e. The van der Waals surface area contributed by atoms with E-state index in [2.05, 4.69) is 15.2 Å². The summed E-state index contributed by atoms with van der Waals surface area (Å²) in [5.41, 5.74) is 1.96. The Morgan fingerprint density at radius 3 is 2.61 bits per heavy atom. The number of nitrogens with zero attached hydrogens (tertiary/aromatic N) is 3. The Balaban J connectivity index is 1.49. The lowest BCUT2D eigenvalue weighted by molar-refractivity contribution is -0.131. The molecule has 2 amide bonds. The van der Waals surface area contributed by atoms with Gasteiger partial charge in [-0.05, 0) is 24.3 Å². The molecule has 144 valence electrons. The topological polar surface area (TPSA) is 103 Å². The molecule has 2 saturated heterocycles. The fourth-order valence-corrected chi connectivity index (χ4v) is 3.65. The third-order valence-electron chi connectivity index (χ3n) is 5.21. The van der Waals surface area contributed by atoms with Crippen LogP contribution in [0, 0.1) is 0 Å². The molecule has 0 bridgehead atoms. The summed E-state index contributed by atoms with van der Waals surface area (Å²) in [7, 11) is 0. The van der Waals surface area contributed by atoms with Gasteiger partial charge >= 0.3 is 5.97 Å². The number of carbonyl (C=O) groups excluding carboxylic acids is 2. The predicted octanol–water partition coefficient (Wildman–Crippen LogP) is 0.703. The lowest BCUT2D eigenvalue weighted by Crippen LogP contribution is -2.64. The Morgan fingerprint density at radius 1 is 1.07 bits per heavy atom. The van der Waals surface area contributed by atoms with Gasteiger partial charge in [0.25, 0.3) is 5.91 Å². The van der Waals surface area contributed by atoms with E-state index in [1.807, 2.05) is 0 Å². The number of hydrogen-bond acceptors (Lipinski definition) is 5. The molecule has 3 heterocycles. The zero-order chi connectivity index (χ0) is 19.7. The lowest BCUT2D eigenvalue weighted by Gasteiger charge is -2.43. The van der Waals surface area contributed by atoms with Gasteiger partial charge in [0.1, 0.15) is 6.04 Å². The summed E-state index contributed by atoms with van der Waals surface area (Å²) in [5.74, 6) is -1.15. The number of amides is 2. The third kappa shape index (κ3) is 3.46. The second-order valence-corrected chi connectivity index (χ2v) is 6.91. The highest BCUT2D eigenvalue weighted by molar-refractivity contribution is 5.95. The minimum absolute atomic E-state index is 0.0246. The van der Waals surface area contributed by atoms with Crippen LogP contribution >= 0.6 is 0 Å². The van der Waals surface area contributed by atoms with Crippen LogP contribution in [0.4, 0.5) is 0 Å². The maximum Gasteiger partial charge on any atom is 0.335 e. The quantitative estimate of drug-likeness (QED) is 0.813. The molecule has 1 aromatic carbocycles. The first kappa shape index (κ1) is 18.1. The number of carboxylic acids is 1. The number of benzene rings is 1. The average Bonchev–Trinajstić information content (AvgIpc) is 2.73. The minimum atomic E-state index is -1.01. The second kappa shape index (κ2) is 7.40. The number of nitrogens with one attached hydrogen (secondary N) is 1. The van der Waals surface area contributed by atoms with Crippen LogP contribution in [0.2, 0.25) is 0 Å². The van der Waals surface area contributed by atoms with Crippen LogP contribution in [0.25, 0.3) is 11.3 Å². The Kier molecular flexibility index (Phi) is 4.79. The highest BCUT2D eigenvalue weighted by atomic mass is 16.4. The van der Waals surface area contributed by atoms with Gasteiger partial charge in [-0.2, -0.15) is 0 Å². The van der Waals surface area contributed by atoms with E-state index in [-0.39, 0.29) is 23.4 Å². The molecular formula is C20H20N4O4. The molecule has 0 radical (unpaired) electrons. The molecule has 2 aliphatic rings. The molecule has 1 aromatic heterocycles. The van der Waals surface area contributed by atoms with Crippen molar-refractivity contribution in [2.45, 2.75) is 6.04 Å². The molecule has 2 aliphatic heterocycles. The van der Waals surface area contributed by atoms with Crippen molar-refractivity contribution < 1.29 is 19.5 Å². The molecule has 0 spiro atoms. The van der Waals surface area contributed by atoms with E-state index in [0.29, 0.717) is 37.4 Å². The number of rotatable bonds is 3. The van der Waals surface area contributed by atoms with Crippen LogP contribution < -0.4 is 5.32 Å². The number of carbonyl (C=O) groups is 3. The number of pyridine rings is 1. The standard InChI is InChI=1S/C20H20N4O4/c25-18-17-12-24(10-9-23(17)8-7-22-18)19(26)14-3-1-13(2-4-14)16-11-15(20(27)28)5-6-21-16/h1-6,11,17H,7-10,12H2,(H,22,25)(H,27,28). The van der Waals surface area contributed by atoms with E-state index in [9.17, 15) is 14.4 Å². The van der Waals surface area contributed by atoms with Crippen LogP contribution in [0.5, 0.6) is 0 Å². The molecule has 2 aromatic rings. The van der Waals surface area contributed by atoms with Gasteiger partial charge in [-0.3, -0.25) is 19.5 Å². The Morgan fingerprint density at radius 2 is 1.86 bits per heavy atom. The molecule has 2 N–H and O–H groups in total. The molecule has 4 rings (SSSR count). The lowest BCUT2D eigenvalue weighted by atomic mass is 10.0. The van der Waals surface area contributed by atoms with E-state index in [4.69, 9.17) is 5.11 Å². The van der Waals surface area contributed by atoms with Gasteiger partial charge in [-0.25, -0.2) is 4.79 Å². The van der Waals surface area contributed by atoms with Crippen molar-refractivity contribution in [3.05, 3.63) is 53.7 Å². The molecular weight excluding hydrogens is 360 g/mol. The second-order valence-electron chi connectivity index (χ2n) is 6.91. The van der Waals surface area contributed by atoms with Gasteiger partial charge in [-0.1, -0.05) is 12.1 Å². The summed E-state index contributed by atoms with van der Waals surface area (Å²) < 4.78 is 0. The summed E-state index contributed by atoms with van der Waals surface area (Å²) in [6.07, 6.45) is 1.45. The summed E-state index contributed by atoms with van der Waals surface area (Å²) in [6, 6.07) is 9.58. The SMILES string of the molecule is O=C(O)c1ccnc(-c2ccc(C(=O)N3CCN4CCNC(=O)C4C3)cc2)c1. The van der Waals surface area contributed by atoms with Gasteiger partial charge in [0, 0.05) is 50.0 Å². The van der Waals surface area contributed by atoms with Crippen molar-refractivity contribution in [3.8, 4) is 11.3 Å². The first-order valence-corrected chi connectivity index (χ1v) is 9.14. The van der Waals surface area contributed by atoms with Crippen molar-refractivity contribution in [3.63, 3.8) is 0 Å². The van der Waals surface area contributed by atoms with Crippen molar-refractivity contribution in [2.24, 2.45) is 0 Å². The maximum atomic E-state index is 12.9. The molecule has 8 nitrogen and oxygen atoms in total. The van der Waals surface area contributed by atoms with E-state index >= 15 is 0 Å². The van der Waals surface area contributed by atoms with Crippen molar-refractivity contribution in [1.29, 1.82) is 0 Å². The largest absolute Gasteiger partial charge is 0.478 e. The number of piperazine rings is 2. The fourth-order valence-electron chi connectivity index (χ4n) is 3.65. The molecule has 28 heavy (non-hydrogen) atoms. The molecule has 0 aliphatic carbocycles. The molecule has 2 fully saturated rings. The number of fused-ring (bicyclic) bond motifs is 1. The van der Waals surface area contributed by atoms with Gasteiger partial charge in [0.15, 0.2) is 0 Å². The van der Waals surface area contributed by atoms with E-state index in [1.165, 1.54) is 18.3 Å². The predicted molar refractivity (Wildman–Crippen MR) is 101 cm³/mol. The van der Waals surface area contributed by atoms with Crippen molar-refractivity contribution in [1.82, 2.24) is 20.1 Å². The van der Waals surface area contributed by atoms with Gasteiger partial charge in [0.05, 0.1) is 11.3 Å². The van der Waals surface area contributed by atoms with Crippen molar-refractivity contribution >= 4 is 17.8 Å². The van der Waals surface area contributed by atoms with Crippen molar-refractivity contribution in [2.75, 3.05) is 32.7 Å². The Hall–Kier alpha value is -3.26. The number of aromatic nitrogens is 1. The molecule has 1 unspecified atom stereocenters. The molecule has 0 saturated carbocycles. The van der Waals surface area contributed by atoms with Gasteiger partial charge in [-0.15, -0.1) is 0 Å². The summed E-state index contributed by atoms with van der Waals surface area (Å²) in [4.78, 5) is 44.1. The number of hydrogen-bond donors (Lipinski definition) is 2. The zero-order valence-electron chi connectivity index (χ0n) is 15.2. The summed E-state index contributed by atoms with van der Waals surface area (Å²) in [5, 5.41) is 12.0. The van der Waals surface area contributed by atoms with E-state index < -0.39 is 5.97 Å². The Bertz CT molecular complexity index is 928. The number of carboxylic acid groups (broad SMARTS) is 1. The monoisotopic (exact) mass is 380 g/mol. The highest BCUT2D eigenvalue weighted by Crippen LogP contribution is 2.20. The van der Waals surface area contributed by atoms with Crippen LogP contribution in [0.15, 0.2) is 42.6 Å². The normalized spacial score (nSPS) is 19.6. The summed E-state index contributed by atoms with van der Waals surface area (Å²) in [6.45, 7) is 3.13. The third-order valence-corrected chi connectivity index (χ3v) is 5.21. The fraction of sp³-hybridized carbons (Fsp3) is 0.300. The average molecular weight is 380 g/mol. The van der Waals surface area contributed by atoms with Crippen LogP contribution in [0.3, 0.4) is 0 Å².